The molecule has 0 atom stereocenters. The van der Waals surface area contributed by atoms with Crippen LogP contribution in [-0.2, 0) is 11.2 Å². The number of carbonyl (C=O) groups is 2. The normalized spacial score (nSPS) is 11.4. The van der Waals surface area contributed by atoms with Crippen LogP contribution in [0.25, 0.3) is 10.9 Å². The lowest BCUT2D eigenvalue weighted by molar-refractivity contribution is 0.0635. The number of nitrogens with zero attached hydrogens (tertiary/aromatic N) is 3. The molecule has 0 aliphatic carbocycles. The Kier molecular flexibility index (Phi) is 8.29. The molecule has 10 heteroatoms. The van der Waals surface area contributed by atoms with Crippen molar-refractivity contribution in [3.63, 3.8) is 0 Å². The van der Waals surface area contributed by atoms with Gasteiger partial charge in [-0.15, -0.1) is 0 Å². The van der Waals surface area contributed by atoms with Crippen LogP contribution in [0.4, 0.5) is 21.3 Å². The lowest BCUT2D eigenvalue weighted by Gasteiger charge is -2.22. The molecule has 10 nitrogen and oxygen atoms in total. The first-order valence-electron chi connectivity index (χ1n) is 11.8. The maximum atomic E-state index is 13.0. The SMILES string of the molecule is Cc1c(NC(=O)OC(C)(C)C)ccc2nc(N(CC(C)C)C(=O)NCCc3ccccn3)oc(=O)c12. The molecule has 0 saturated heterocycles. The second-order valence-corrected chi connectivity index (χ2v) is 9.85. The van der Waals surface area contributed by atoms with Crippen molar-refractivity contribution in [2.75, 3.05) is 23.3 Å². The Bertz CT molecular complexity index is 1280. The minimum absolute atomic E-state index is 0.0937. The third kappa shape index (κ3) is 7.03. The van der Waals surface area contributed by atoms with Crippen LogP contribution in [0.3, 0.4) is 0 Å². The molecular weight excluding hydrogens is 462 g/mol. The van der Waals surface area contributed by atoms with E-state index in [0.717, 1.165) is 5.69 Å². The van der Waals surface area contributed by atoms with Gasteiger partial charge >= 0.3 is 23.8 Å². The quantitative estimate of drug-likeness (QED) is 0.488. The van der Waals surface area contributed by atoms with Crippen molar-refractivity contribution in [3.8, 4) is 0 Å². The van der Waals surface area contributed by atoms with E-state index in [1.807, 2.05) is 32.0 Å². The van der Waals surface area contributed by atoms with Gasteiger partial charge in [-0.25, -0.2) is 19.3 Å². The summed E-state index contributed by atoms with van der Waals surface area (Å²) in [5.41, 5.74) is 0.780. The van der Waals surface area contributed by atoms with Crippen LogP contribution in [0.15, 0.2) is 45.7 Å². The van der Waals surface area contributed by atoms with E-state index in [-0.39, 0.29) is 17.3 Å². The number of anilines is 2. The van der Waals surface area contributed by atoms with Gasteiger partial charge in [0.25, 0.3) is 0 Å². The van der Waals surface area contributed by atoms with Crippen molar-refractivity contribution in [2.45, 2.75) is 53.6 Å². The van der Waals surface area contributed by atoms with Crippen LogP contribution in [0, 0.1) is 12.8 Å². The van der Waals surface area contributed by atoms with Gasteiger partial charge in [0.1, 0.15) is 5.60 Å². The molecule has 0 aliphatic rings. The Morgan fingerprint density at radius 2 is 1.92 bits per heavy atom. The molecular formula is C26H33N5O5. The molecule has 2 aromatic heterocycles. The van der Waals surface area contributed by atoms with Gasteiger partial charge < -0.3 is 14.5 Å². The van der Waals surface area contributed by atoms with E-state index in [4.69, 9.17) is 9.15 Å². The summed E-state index contributed by atoms with van der Waals surface area (Å²) in [6.07, 6.45) is 1.63. The lowest BCUT2D eigenvalue weighted by Crippen LogP contribution is -2.43. The largest absolute Gasteiger partial charge is 0.444 e. The van der Waals surface area contributed by atoms with Crippen molar-refractivity contribution in [3.05, 3.63) is 58.2 Å². The molecule has 1 aromatic carbocycles. The molecule has 0 bridgehead atoms. The van der Waals surface area contributed by atoms with Gasteiger partial charge in [0.15, 0.2) is 0 Å². The number of amides is 3. The van der Waals surface area contributed by atoms with Crippen molar-refractivity contribution >= 4 is 34.7 Å². The highest BCUT2D eigenvalue weighted by Crippen LogP contribution is 2.25. The molecule has 2 heterocycles. The van der Waals surface area contributed by atoms with E-state index in [9.17, 15) is 14.4 Å². The number of rotatable bonds is 7. The van der Waals surface area contributed by atoms with Crippen molar-refractivity contribution in [1.82, 2.24) is 15.3 Å². The van der Waals surface area contributed by atoms with Gasteiger partial charge in [0.2, 0.25) is 0 Å². The molecule has 192 valence electrons. The first-order chi connectivity index (χ1) is 16.9. The van der Waals surface area contributed by atoms with Crippen LogP contribution in [0.2, 0.25) is 0 Å². The smallest absolute Gasteiger partial charge is 0.412 e. The van der Waals surface area contributed by atoms with E-state index in [1.54, 1.807) is 46.0 Å². The molecule has 0 fully saturated rings. The molecule has 3 rings (SSSR count). The van der Waals surface area contributed by atoms with Gasteiger partial charge in [-0.1, -0.05) is 19.9 Å². The fraction of sp³-hybridized carbons (Fsp3) is 0.423. The van der Waals surface area contributed by atoms with Crippen molar-refractivity contribution in [2.24, 2.45) is 5.92 Å². The van der Waals surface area contributed by atoms with Crippen molar-refractivity contribution < 1.29 is 18.7 Å². The number of urea groups is 1. The summed E-state index contributed by atoms with van der Waals surface area (Å²) in [6.45, 7) is 11.5. The summed E-state index contributed by atoms with van der Waals surface area (Å²) in [5, 5.41) is 5.72. The molecule has 3 amide bonds. The zero-order chi connectivity index (χ0) is 26.5. The van der Waals surface area contributed by atoms with Crippen LogP contribution in [-0.4, -0.2) is 40.8 Å². The van der Waals surface area contributed by atoms with E-state index >= 15 is 0 Å². The highest BCUT2D eigenvalue weighted by Gasteiger charge is 2.23. The predicted octanol–water partition coefficient (Wildman–Crippen LogP) is 4.65. The Labute approximate surface area is 210 Å². The molecule has 36 heavy (non-hydrogen) atoms. The standard InChI is InChI=1S/C26H33N5O5/c1-16(2)15-31(23(33)28-14-12-18-9-7-8-13-27-18)24-29-20-11-10-19(17(3)21(20)22(32)35-24)30-25(34)36-26(4,5)6/h7-11,13,16H,12,14-15H2,1-6H3,(H,28,33)(H,30,34). The Hall–Kier alpha value is -3.95. The van der Waals surface area contributed by atoms with Crippen LogP contribution in [0.1, 0.15) is 45.9 Å². The molecule has 0 aliphatic heterocycles. The minimum Gasteiger partial charge on any atom is -0.444 e. The van der Waals surface area contributed by atoms with Crippen LogP contribution >= 0.6 is 0 Å². The average Bonchev–Trinajstić information content (AvgIpc) is 2.78. The molecule has 0 radical (unpaired) electrons. The highest BCUT2D eigenvalue weighted by atomic mass is 16.6. The Balaban J connectivity index is 1.85. The first-order valence-corrected chi connectivity index (χ1v) is 11.8. The summed E-state index contributed by atoms with van der Waals surface area (Å²) in [7, 11) is 0. The fourth-order valence-corrected chi connectivity index (χ4v) is 3.52. The van der Waals surface area contributed by atoms with Gasteiger partial charge in [0.05, 0.1) is 10.9 Å². The summed E-state index contributed by atoms with van der Waals surface area (Å²) in [6, 6.07) is 8.33. The molecule has 0 saturated carbocycles. The zero-order valence-electron chi connectivity index (χ0n) is 21.5. The van der Waals surface area contributed by atoms with Gasteiger partial charge in [-0.2, -0.15) is 4.98 Å². The van der Waals surface area contributed by atoms with E-state index < -0.39 is 23.4 Å². The fourth-order valence-electron chi connectivity index (χ4n) is 3.52. The molecule has 0 unspecified atom stereocenters. The van der Waals surface area contributed by atoms with Crippen LogP contribution in [0.5, 0.6) is 0 Å². The molecule has 2 N–H and O–H groups in total. The topological polar surface area (TPSA) is 127 Å². The average molecular weight is 496 g/mol. The molecule has 3 aromatic rings. The number of aryl methyl sites for hydroxylation is 1. The van der Waals surface area contributed by atoms with E-state index in [1.165, 1.54) is 4.90 Å². The number of benzene rings is 1. The lowest BCUT2D eigenvalue weighted by atomic mass is 10.1. The van der Waals surface area contributed by atoms with Crippen LogP contribution < -0.4 is 21.2 Å². The summed E-state index contributed by atoms with van der Waals surface area (Å²) < 4.78 is 10.8. The number of hydrogen-bond donors (Lipinski definition) is 2. The maximum absolute atomic E-state index is 13.0. The predicted molar refractivity (Wildman–Crippen MR) is 138 cm³/mol. The minimum atomic E-state index is -0.664. The third-order valence-electron chi connectivity index (χ3n) is 5.09. The number of fused-ring (bicyclic) bond motifs is 1. The summed E-state index contributed by atoms with van der Waals surface area (Å²) >= 11 is 0. The first kappa shape index (κ1) is 26.7. The monoisotopic (exact) mass is 495 g/mol. The Morgan fingerprint density at radius 1 is 1.17 bits per heavy atom. The maximum Gasteiger partial charge on any atom is 0.412 e. The number of carbonyl (C=O) groups excluding carboxylic acids is 2. The van der Waals surface area contributed by atoms with Gasteiger partial charge in [-0.3, -0.25) is 10.3 Å². The van der Waals surface area contributed by atoms with Crippen molar-refractivity contribution in [1.29, 1.82) is 0 Å². The van der Waals surface area contributed by atoms with E-state index in [2.05, 4.69) is 20.6 Å². The zero-order valence-corrected chi connectivity index (χ0v) is 21.5. The van der Waals surface area contributed by atoms with E-state index in [0.29, 0.717) is 36.3 Å². The number of aromatic nitrogens is 2. The molecule has 0 spiro atoms. The summed E-state index contributed by atoms with van der Waals surface area (Å²) in [4.78, 5) is 48.2. The third-order valence-corrected chi connectivity index (χ3v) is 5.09. The number of hydrogen-bond acceptors (Lipinski definition) is 7. The van der Waals surface area contributed by atoms with Gasteiger partial charge in [-0.05, 0) is 63.4 Å². The van der Waals surface area contributed by atoms with Gasteiger partial charge in [0, 0.05) is 37.1 Å². The Morgan fingerprint density at radius 3 is 2.56 bits per heavy atom. The number of ether oxygens (including phenoxy) is 1. The number of pyridine rings is 1. The second kappa shape index (κ2) is 11.2. The number of nitrogens with one attached hydrogen (secondary N) is 2. The highest BCUT2D eigenvalue weighted by molar-refractivity contribution is 5.94. The summed E-state index contributed by atoms with van der Waals surface area (Å²) in [5.74, 6) is 0.0940. The second-order valence-electron chi connectivity index (χ2n) is 9.85.